The van der Waals surface area contributed by atoms with Gasteiger partial charge in [0.25, 0.3) is 0 Å². The summed E-state index contributed by atoms with van der Waals surface area (Å²) in [5, 5.41) is 3.92. The zero-order valence-corrected chi connectivity index (χ0v) is 22.7. The third-order valence-corrected chi connectivity index (χ3v) is 7.19. The van der Waals surface area contributed by atoms with Crippen LogP contribution in [-0.2, 0) is 10.0 Å². The third kappa shape index (κ3) is 4.90. The van der Waals surface area contributed by atoms with Crippen molar-refractivity contribution in [1.82, 2.24) is 14.9 Å². The van der Waals surface area contributed by atoms with Gasteiger partial charge in [-0.15, -0.1) is 0 Å². The van der Waals surface area contributed by atoms with Crippen molar-refractivity contribution in [3.8, 4) is 17.2 Å². The molecule has 2 N–H and O–H groups in total. The van der Waals surface area contributed by atoms with E-state index in [0.29, 0.717) is 22.2 Å². The first-order chi connectivity index (χ1) is 18.3. The molecule has 2 aromatic heterocycles. The number of hydrogen-bond acceptors (Lipinski definition) is 6. The highest BCUT2D eigenvalue weighted by Gasteiger charge is 2.42. The molecule has 1 aliphatic heterocycles. The number of hydrogen-bond donors (Lipinski definition) is 2. The van der Waals surface area contributed by atoms with E-state index in [-0.39, 0.29) is 12.1 Å². The zero-order chi connectivity index (χ0) is 26.9. The molecule has 1 saturated heterocycles. The summed E-state index contributed by atoms with van der Waals surface area (Å²) in [6.45, 7) is 0. The molecule has 2 atom stereocenters. The van der Waals surface area contributed by atoms with Gasteiger partial charge in [0.15, 0.2) is 5.11 Å². The van der Waals surface area contributed by atoms with Crippen LogP contribution < -0.4 is 24.4 Å². The Morgan fingerprint density at radius 3 is 2.45 bits per heavy atom. The fraction of sp³-hybridized carbons (Fsp3) is 0.185. The molecule has 0 unspecified atom stereocenters. The van der Waals surface area contributed by atoms with Crippen molar-refractivity contribution in [3.05, 3.63) is 96.6 Å². The van der Waals surface area contributed by atoms with Gasteiger partial charge in [-0.05, 0) is 66.8 Å². The van der Waals surface area contributed by atoms with E-state index >= 15 is 0 Å². The Kier molecular flexibility index (Phi) is 6.96. The van der Waals surface area contributed by atoms with E-state index in [2.05, 4.69) is 19.6 Å². The number of thiocarbonyl (C=S) groups is 1. The Morgan fingerprint density at radius 1 is 0.974 bits per heavy atom. The first-order valence-electron chi connectivity index (χ1n) is 11.8. The monoisotopic (exact) mass is 549 g/mol. The number of nitrogens with one attached hydrogen (secondary N) is 2. The van der Waals surface area contributed by atoms with Gasteiger partial charge in [0.2, 0.25) is 10.0 Å². The standard InChI is InChI=1S/C27H27N5O4S2/c1-35-23-14-13-18(17-20(23)30-38(3,33)34)32-26(25(29-27(32)37)19-9-6-7-15-28-19)22-11-8-16-31(22)21-10-4-5-12-24(21)36-2/h4-17,25-26,30H,1-3H3,(H,29,37)/t25-,26-/m1/s1. The van der Waals surface area contributed by atoms with Crippen molar-refractivity contribution >= 4 is 38.7 Å². The molecule has 4 aromatic rings. The number of para-hydroxylation sites is 2. The van der Waals surface area contributed by atoms with Gasteiger partial charge in [0.1, 0.15) is 17.5 Å². The first-order valence-corrected chi connectivity index (χ1v) is 14.1. The van der Waals surface area contributed by atoms with E-state index in [1.165, 1.54) is 7.11 Å². The van der Waals surface area contributed by atoms with Crippen LogP contribution in [0.3, 0.4) is 0 Å². The van der Waals surface area contributed by atoms with E-state index in [1.54, 1.807) is 25.4 Å². The number of ether oxygens (including phenoxy) is 2. The van der Waals surface area contributed by atoms with Crippen molar-refractivity contribution in [2.45, 2.75) is 12.1 Å². The summed E-state index contributed by atoms with van der Waals surface area (Å²) in [6, 6.07) is 22.2. The molecule has 38 heavy (non-hydrogen) atoms. The molecule has 0 saturated carbocycles. The van der Waals surface area contributed by atoms with Crippen LogP contribution in [0.2, 0.25) is 0 Å². The van der Waals surface area contributed by atoms with E-state index in [1.807, 2.05) is 71.8 Å². The molecule has 1 aliphatic rings. The summed E-state index contributed by atoms with van der Waals surface area (Å²) in [7, 11) is -0.415. The fourth-order valence-electron chi connectivity index (χ4n) is 4.74. The highest BCUT2D eigenvalue weighted by molar-refractivity contribution is 7.92. The van der Waals surface area contributed by atoms with E-state index < -0.39 is 10.0 Å². The Balaban J connectivity index is 1.68. The second-order valence-corrected chi connectivity index (χ2v) is 10.9. The van der Waals surface area contributed by atoms with Crippen molar-refractivity contribution in [3.63, 3.8) is 0 Å². The summed E-state index contributed by atoms with van der Waals surface area (Å²) in [6.07, 6.45) is 4.83. The van der Waals surface area contributed by atoms with Crippen LogP contribution in [-0.4, -0.2) is 43.6 Å². The molecule has 11 heteroatoms. The van der Waals surface area contributed by atoms with Gasteiger partial charge in [-0.25, -0.2) is 8.42 Å². The maximum atomic E-state index is 12.1. The van der Waals surface area contributed by atoms with E-state index in [4.69, 9.17) is 21.7 Å². The van der Waals surface area contributed by atoms with Crippen LogP contribution in [0.25, 0.3) is 5.69 Å². The summed E-state index contributed by atoms with van der Waals surface area (Å²) < 4.78 is 39.8. The Labute approximate surface area is 227 Å². The lowest BCUT2D eigenvalue weighted by Crippen LogP contribution is -2.30. The SMILES string of the molecule is COc1ccc(N2C(=S)N[C@H](c3ccccn3)[C@H]2c2cccn2-c2ccccc2OC)cc1NS(C)(=O)=O. The second-order valence-electron chi connectivity index (χ2n) is 8.73. The number of nitrogens with zero attached hydrogens (tertiary/aromatic N) is 3. The minimum absolute atomic E-state index is 0.291. The van der Waals surface area contributed by atoms with Crippen LogP contribution in [0, 0.1) is 0 Å². The maximum absolute atomic E-state index is 12.1. The summed E-state index contributed by atoms with van der Waals surface area (Å²) in [5.41, 5.74) is 3.63. The van der Waals surface area contributed by atoms with Gasteiger partial charge in [0.05, 0.1) is 43.6 Å². The summed E-state index contributed by atoms with van der Waals surface area (Å²) >= 11 is 5.86. The number of sulfonamides is 1. The third-order valence-electron chi connectivity index (χ3n) is 6.28. The number of benzene rings is 2. The minimum Gasteiger partial charge on any atom is -0.495 e. The molecule has 3 heterocycles. The second kappa shape index (κ2) is 10.3. The fourth-order valence-corrected chi connectivity index (χ4v) is 5.65. The summed E-state index contributed by atoms with van der Waals surface area (Å²) in [5.74, 6) is 1.12. The predicted molar refractivity (Wildman–Crippen MR) is 152 cm³/mol. The smallest absolute Gasteiger partial charge is 0.229 e. The van der Waals surface area contributed by atoms with Crippen LogP contribution >= 0.6 is 12.2 Å². The molecular formula is C27H27N5O4S2. The average Bonchev–Trinajstić information content (AvgIpc) is 3.52. The molecule has 1 fully saturated rings. The molecule has 9 nitrogen and oxygen atoms in total. The van der Waals surface area contributed by atoms with Crippen molar-refractivity contribution in [1.29, 1.82) is 0 Å². The van der Waals surface area contributed by atoms with Crippen molar-refractivity contribution in [2.24, 2.45) is 0 Å². The van der Waals surface area contributed by atoms with Gasteiger partial charge in [-0.1, -0.05) is 18.2 Å². The van der Waals surface area contributed by atoms with Crippen LogP contribution in [0.4, 0.5) is 11.4 Å². The van der Waals surface area contributed by atoms with Crippen LogP contribution in [0.1, 0.15) is 23.5 Å². The molecule has 0 spiro atoms. The molecule has 5 rings (SSSR count). The molecule has 196 valence electrons. The number of pyridine rings is 1. The van der Waals surface area contributed by atoms with E-state index in [0.717, 1.165) is 29.1 Å². The minimum atomic E-state index is -3.55. The van der Waals surface area contributed by atoms with Gasteiger partial charge in [0, 0.05) is 23.8 Å². The molecule has 0 radical (unpaired) electrons. The van der Waals surface area contributed by atoms with Crippen LogP contribution in [0.15, 0.2) is 85.2 Å². The number of methoxy groups -OCH3 is 2. The highest BCUT2D eigenvalue weighted by atomic mass is 32.2. The zero-order valence-electron chi connectivity index (χ0n) is 21.0. The maximum Gasteiger partial charge on any atom is 0.229 e. The Bertz CT molecular complexity index is 1570. The van der Waals surface area contributed by atoms with Crippen LogP contribution in [0.5, 0.6) is 11.5 Å². The molecule has 0 amide bonds. The quantitative estimate of drug-likeness (QED) is 0.312. The van der Waals surface area contributed by atoms with Gasteiger partial charge < -0.3 is 24.3 Å². The lowest BCUT2D eigenvalue weighted by Gasteiger charge is -2.29. The molecule has 0 aliphatic carbocycles. The topological polar surface area (TPSA) is 97.7 Å². The highest BCUT2D eigenvalue weighted by Crippen LogP contribution is 2.44. The molecular weight excluding hydrogens is 522 g/mol. The van der Waals surface area contributed by atoms with Crippen molar-refractivity contribution < 1.29 is 17.9 Å². The Hall–Kier alpha value is -4.09. The molecule has 0 bridgehead atoms. The normalized spacial score (nSPS) is 17.2. The first kappa shape index (κ1) is 25.6. The van der Waals surface area contributed by atoms with Gasteiger partial charge in [-0.2, -0.15) is 0 Å². The predicted octanol–water partition coefficient (Wildman–Crippen LogP) is 4.44. The van der Waals surface area contributed by atoms with Gasteiger partial charge >= 0.3 is 0 Å². The Morgan fingerprint density at radius 2 is 1.74 bits per heavy atom. The van der Waals surface area contributed by atoms with Crippen molar-refractivity contribution in [2.75, 3.05) is 30.1 Å². The average molecular weight is 550 g/mol. The largest absolute Gasteiger partial charge is 0.495 e. The number of anilines is 2. The summed E-state index contributed by atoms with van der Waals surface area (Å²) in [4.78, 5) is 6.59. The lowest BCUT2D eigenvalue weighted by atomic mass is 10.0. The molecule has 2 aromatic carbocycles. The lowest BCUT2D eigenvalue weighted by molar-refractivity contribution is 0.412. The number of aromatic nitrogens is 2. The van der Waals surface area contributed by atoms with E-state index in [9.17, 15) is 8.42 Å². The van der Waals surface area contributed by atoms with Gasteiger partial charge in [-0.3, -0.25) is 9.71 Å². The number of rotatable bonds is 8.